The summed E-state index contributed by atoms with van der Waals surface area (Å²) in [6.45, 7) is 6.47. The monoisotopic (exact) mass is 372 g/mol. The molecule has 0 saturated carbocycles. The van der Waals surface area contributed by atoms with E-state index in [1.54, 1.807) is 12.1 Å². The molecule has 0 atom stereocenters. The molecular formula is C20H22ClFN4. The molecule has 0 saturated heterocycles. The van der Waals surface area contributed by atoms with Gasteiger partial charge < -0.3 is 15.2 Å². The van der Waals surface area contributed by atoms with Gasteiger partial charge in [0.15, 0.2) is 0 Å². The molecule has 0 fully saturated rings. The molecule has 0 aliphatic carbocycles. The fraction of sp³-hybridized carbons (Fsp3) is 0.250. The van der Waals surface area contributed by atoms with Gasteiger partial charge in [0.05, 0.1) is 23.1 Å². The van der Waals surface area contributed by atoms with Gasteiger partial charge in [0.25, 0.3) is 0 Å². The van der Waals surface area contributed by atoms with Crippen LogP contribution in [0.5, 0.6) is 0 Å². The standard InChI is InChI=1S/C20H22ClFN4/c1-5-13-6-7-18(25-20(13)22)16-10-19-14(9-17(16)21)8-15(24-19)11-23-12(2)26(3)4/h6-10,23-24H,2,5,11H2,1,3-4H3. The minimum atomic E-state index is -0.445. The molecule has 0 spiro atoms. The minimum Gasteiger partial charge on any atom is -0.367 e. The average molecular weight is 373 g/mol. The van der Waals surface area contributed by atoms with Gasteiger partial charge in [0.2, 0.25) is 5.95 Å². The largest absolute Gasteiger partial charge is 0.367 e. The molecule has 0 unspecified atom stereocenters. The normalized spacial score (nSPS) is 11.0. The molecule has 0 radical (unpaired) electrons. The molecule has 2 aromatic heterocycles. The highest BCUT2D eigenvalue weighted by atomic mass is 35.5. The van der Waals surface area contributed by atoms with Gasteiger partial charge in [-0.2, -0.15) is 4.39 Å². The Kier molecular flexibility index (Phi) is 5.18. The van der Waals surface area contributed by atoms with Crippen LogP contribution in [-0.2, 0) is 13.0 Å². The molecule has 0 aliphatic rings. The maximum absolute atomic E-state index is 14.0. The summed E-state index contributed by atoms with van der Waals surface area (Å²) in [4.78, 5) is 9.35. The molecule has 3 aromatic rings. The number of hydrogen-bond acceptors (Lipinski definition) is 3. The first-order chi connectivity index (χ1) is 12.4. The van der Waals surface area contributed by atoms with Crippen LogP contribution in [0.15, 0.2) is 42.7 Å². The number of pyridine rings is 1. The Labute approximate surface area is 157 Å². The van der Waals surface area contributed by atoms with E-state index in [4.69, 9.17) is 11.6 Å². The van der Waals surface area contributed by atoms with E-state index in [1.165, 1.54) is 0 Å². The molecule has 136 valence electrons. The molecule has 1 aromatic carbocycles. The number of fused-ring (bicyclic) bond motifs is 1. The lowest BCUT2D eigenvalue weighted by Crippen LogP contribution is -2.24. The zero-order chi connectivity index (χ0) is 18.8. The van der Waals surface area contributed by atoms with Crippen LogP contribution >= 0.6 is 11.6 Å². The van der Waals surface area contributed by atoms with Gasteiger partial charge in [-0.3, -0.25) is 0 Å². The number of nitrogens with zero attached hydrogens (tertiary/aromatic N) is 2. The van der Waals surface area contributed by atoms with E-state index in [0.717, 1.165) is 22.4 Å². The summed E-state index contributed by atoms with van der Waals surface area (Å²) >= 11 is 6.43. The lowest BCUT2D eigenvalue weighted by molar-refractivity contribution is 0.461. The van der Waals surface area contributed by atoms with E-state index < -0.39 is 5.95 Å². The number of aromatic nitrogens is 2. The molecule has 2 heterocycles. The summed E-state index contributed by atoms with van der Waals surface area (Å²) in [7, 11) is 3.87. The van der Waals surface area contributed by atoms with E-state index in [2.05, 4.69) is 21.9 Å². The van der Waals surface area contributed by atoms with E-state index in [-0.39, 0.29) is 0 Å². The first-order valence-electron chi connectivity index (χ1n) is 8.46. The Balaban J connectivity index is 1.92. The van der Waals surface area contributed by atoms with Gasteiger partial charge in [-0.05, 0) is 30.7 Å². The summed E-state index contributed by atoms with van der Waals surface area (Å²) in [5.74, 6) is 0.387. The Hall–Kier alpha value is -2.53. The van der Waals surface area contributed by atoms with Crippen molar-refractivity contribution in [1.29, 1.82) is 0 Å². The predicted molar refractivity (Wildman–Crippen MR) is 106 cm³/mol. The molecule has 0 aliphatic heterocycles. The highest BCUT2D eigenvalue weighted by Crippen LogP contribution is 2.32. The van der Waals surface area contributed by atoms with Gasteiger partial charge in [-0.15, -0.1) is 0 Å². The first-order valence-corrected chi connectivity index (χ1v) is 8.84. The fourth-order valence-corrected chi connectivity index (χ4v) is 3.01. The SMILES string of the molecule is C=C(NCc1cc2cc(Cl)c(-c3ccc(CC)c(F)n3)cc2[nH]1)N(C)C. The number of aromatic amines is 1. The van der Waals surface area contributed by atoms with Crippen LogP contribution in [0.3, 0.4) is 0 Å². The average Bonchev–Trinajstić information content (AvgIpc) is 3.00. The number of benzene rings is 1. The van der Waals surface area contributed by atoms with Gasteiger partial charge in [0, 0.05) is 41.8 Å². The zero-order valence-corrected chi connectivity index (χ0v) is 15.9. The van der Waals surface area contributed by atoms with Crippen LogP contribution in [0.2, 0.25) is 5.02 Å². The third kappa shape index (κ3) is 3.68. The Bertz CT molecular complexity index is 962. The molecule has 0 bridgehead atoms. The van der Waals surface area contributed by atoms with Crippen molar-refractivity contribution in [3.63, 3.8) is 0 Å². The van der Waals surface area contributed by atoms with Crippen molar-refractivity contribution < 1.29 is 4.39 Å². The zero-order valence-electron chi connectivity index (χ0n) is 15.2. The molecule has 3 rings (SSSR count). The van der Waals surface area contributed by atoms with E-state index >= 15 is 0 Å². The quantitative estimate of drug-likeness (QED) is 0.616. The molecule has 2 N–H and O–H groups in total. The highest BCUT2D eigenvalue weighted by molar-refractivity contribution is 6.34. The van der Waals surface area contributed by atoms with Crippen LogP contribution in [0, 0.1) is 5.95 Å². The minimum absolute atomic E-state index is 0.445. The maximum Gasteiger partial charge on any atom is 0.216 e. The second kappa shape index (κ2) is 7.38. The molecule has 0 amide bonds. The van der Waals surface area contributed by atoms with Crippen molar-refractivity contribution in [2.75, 3.05) is 14.1 Å². The fourth-order valence-electron chi connectivity index (χ4n) is 2.74. The molecule has 6 heteroatoms. The summed E-state index contributed by atoms with van der Waals surface area (Å²) in [5.41, 5.74) is 3.78. The topological polar surface area (TPSA) is 44.0 Å². The number of H-pyrrole nitrogens is 1. The van der Waals surface area contributed by atoms with Crippen molar-refractivity contribution in [3.05, 3.63) is 65.0 Å². The summed E-state index contributed by atoms with van der Waals surface area (Å²) in [6, 6.07) is 9.39. The van der Waals surface area contributed by atoms with Crippen molar-refractivity contribution in [3.8, 4) is 11.3 Å². The van der Waals surface area contributed by atoms with Gasteiger partial charge >= 0.3 is 0 Å². The Morgan fingerprint density at radius 2 is 2.08 bits per heavy atom. The Morgan fingerprint density at radius 1 is 1.31 bits per heavy atom. The number of halogens is 2. The highest BCUT2D eigenvalue weighted by Gasteiger charge is 2.12. The Morgan fingerprint density at radius 3 is 2.73 bits per heavy atom. The lowest BCUT2D eigenvalue weighted by atomic mass is 10.1. The van der Waals surface area contributed by atoms with Crippen LogP contribution in [0.25, 0.3) is 22.2 Å². The third-order valence-corrected chi connectivity index (χ3v) is 4.68. The maximum atomic E-state index is 14.0. The molecule has 4 nitrogen and oxygen atoms in total. The molecule has 26 heavy (non-hydrogen) atoms. The van der Waals surface area contributed by atoms with Crippen molar-refractivity contribution in [1.82, 2.24) is 20.2 Å². The van der Waals surface area contributed by atoms with Crippen molar-refractivity contribution in [2.24, 2.45) is 0 Å². The van der Waals surface area contributed by atoms with Crippen LogP contribution in [-0.4, -0.2) is 29.0 Å². The van der Waals surface area contributed by atoms with Crippen LogP contribution in [0.1, 0.15) is 18.2 Å². The first kappa shape index (κ1) is 18.3. The van der Waals surface area contributed by atoms with E-state index in [1.807, 2.05) is 44.1 Å². The van der Waals surface area contributed by atoms with Crippen LogP contribution < -0.4 is 5.32 Å². The predicted octanol–water partition coefficient (Wildman–Crippen LogP) is 4.71. The second-order valence-corrected chi connectivity index (χ2v) is 6.82. The summed E-state index contributed by atoms with van der Waals surface area (Å²) in [6.07, 6.45) is 0.608. The lowest BCUT2D eigenvalue weighted by Gasteiger charge is -2.16. The number of rotatable bonds is 6. The van der Waals surface area contributed by atoms with Crippen LogP contribution in [0.4, 0.5) is 4.39 Å². The van der Waals surface area contributed by atoms with Gasteiger partial charge in [-0.25, -0.2) is 4.98 Å². The van der Waals surface area contributed by atoms with Gasteiger partial charge in [-0.1, -0.05) is 31.2 Å². The summed E-state index contributed by atoms with van der Waals surface area (Å²) < 4.78 is 14.0. The van der Waals surface area contributed by atoms with E-state index in [0.29, 0.717) is 34.8 Å². The number of aryl methyl sites for hydroxylation is 1. The second-order valence-electron chi connectivity index (χ2n) is 6.41. The summed E-state index contributed by atoms with van der Waals surface area (Å²) in [5, 5.41) is 4.79. The smallest absolute Gasteiger partial charge is 0.216 e. The van der Waals surface area contributed by atoms with Crippen molar-refractivity contribution in [2.45, 2.75) is 19.9 Å². The number of hydrogen-bond donors (Lipinski definition) is 2. The third-order valence-electron chi connectivity index (χ3n) is 4.37. The molecular weight excluding hydrogens is 351 g/mol. The van der Waals surface area contributed by atoms with E-state index in [9.17, 15) is 4.39 Å². The number of nitrogens with one attached hydrogen (secondary N) is 2. The van der Waals surface area contributed by atoms with Crippen molar-refractivity contribution >= 4 is 22.5 Å². The van der Waals surface area contributed by atoms with Gasteiger partial charge in [0.1, 0.15) is 0 Å².